The van der Waals surface area contributed by atoms with Crippen LogP contribution in [0, 0.1) is 5.92 Å². The predicted molar refractivity (Wildman–Crippen MR) is 137 cm³/mol. The molecule has 0 aromatic heterocycles. The number of rotatable bonds is 7. The van der Waals surface area contributed by atoms with Gasteiger partial charge in [0.25, 0.3) is 10.0 Å². The highest BCUT2D eigenvalue weighted by molar-refractivity contribution is 7.92. The highest BCUT2D eigenvalue weighted by Gasteiger charge is 2.25. The molecule has 0 unspecified atom stereocenters. The molecule has 0 aliphatic carbocycles. The van der Waals surface area contributed by atoms with E-state index >= 15 is 0 Å². The second-order valence-corrected chi connectivity index (χ2v) is 10.8. The lowest BCUT2D eigenvalue weighted by atomic mass is 9.95. The first-order valence-corrected chi connectivity index (χ1v) is 13.2. The van der Waals surface area contributed by atoms with Gasteiger partial charge in [-0.1, -0.05) is 53.5 Å². The van der Waals surface area contributed by atoms with Crippen molar-refractivity contribution in [1.82, 2.24) is 4.90 Å². The lowest BCUT2D eigenvalue weighted by Gasteiger charge is -2.31. The number of hydrogen-bond acceptors (Lipinski definition) is 4. The number of nitrogens with zero attached hydrogens (tertiary/aromatic N) is 1. The molecule has 1 heterocycles. The number of sulfonamides is 1. The number of piperidine rings is 1. The predicted octanol–water partition coefficient (Wildman–Crippen LogP) is 5.64. The zero-order valence-corrected chi connectivity index (χ0v) is 20.7. The van der Waals surface area contributed by atoms with E-state index in [0.717, 1.165) is 32.5 Å². The molecule has 0 bridgehead atoms. The molecule has 0 saturated carbocycles. The van der Waals surface area contributed by atoms with Gasteiger partial charge in [0.15, 0.2) is 0 Å². The quantitative estimate of drug-likeness (QED) is 0.424. The number of halogens is 2. The largest absolute Gasteiger partial charge is 0.326 e. The molecule has 3 aromatic rings. The van der Waals surface area contributed by atoms with E-state index in [-0.39, 0.29) is 27.4 Å². The van der Waals surface area contributed by atoms with Crippen LogP contribution in [0.2, 0.25) is 10.0 Å². The second kappa shape index (κ2) is 10.8. The molecule has 6 nitrogen and oxygen atoms in total. The summed E-state index contributed by atoms with van der Waals surface area (Å²) in [6, 6.07) is 20.9. The SMILES string of the molecule is O=C(Nc1ccc(S(=O)(=O)Nc2ccc(Cl)cc2Cl)cc1)C1CCN(Cc2ccccc2)CC1. The number of likely N-dealkylation sites (tertiary alicyclic amines) is 1. The van der Waals surface area contributed by atoms with Gasteiger partial charge in [0.2, 0.25) is 5.91 Å². The maximum Gasteiger partial charge on any atom is 0.261 e. The van der Waals surface area contributed by atoms with Gasteiger partial charge in [-0.2, -0.15) is 0 Å². The number of carbonyl (C=O) groups is 1. The third kappa shape index (κ3) is 6.30. The Hall–Kier alpha value is -2.58. The third-order valence-corrected chi connectivity index (χ3v) is 7.74. The van der Waals surface area contributed by atoms with Crippen molar-refractivity contribution >= 4 is 50.5 Å². The van der Waals surface area contributed by atoms with Crippen LogP contribution < -0.4 is 10.0 Å². The summed E-state index contributed by atoms with van der Waals surface area (Å²) < 4.78 is 27.8. The van der Waals surface area contributed by atoms with Crippen LogP contribution in [-0.2, 0) is 21.4 Å². The minimum atomic E-state index is -3.84. The van der Waals surface area contributed by atoms with E-state index in [4.69, 9.17) is 23.2 Å². The molecule has 34 heavy (non-hydrogen) atoms. The van der Waals surface area contributed by atoms with Crippen LogP contribution in [0.15, 0.2) is 77.7 Å². The summed E-state index contributed by atoms with van der Waals surface area (Å²) >= 11 is 11.9. The van der Waals surface area contributed by atoms with Gasteiger partial charge in [-0.05, 0) is 74.0 Å². The summed E-state index contributed by atoms with van der Waals surface area (Å²) in [6.07, 6.45) is 1.58. The summed E-state index contributed by atoms with van der Waals surface area (Å²) in [7, 11) is -3.84. The molecule has 1 aliphatic heterocycles. The normalized spacial score (nSPS) is 15.1. The van der Waals surface area contributed by atoms with Crippen molar-refractivity contribution in [2.24, 2.45) is 5.92 Å². The Morgan fingerprint density at radius 3 is 2.26 bits per heavy atom. The Labute approximate surface area is 209 Å². The van der Waals surface area contributed by atoms with Crippen LogP contribution in [0.1, 0.15) is 18.4 Å². The Bertz CT molecular complexity index is 1240. The van der Waals surface area contributed by atoms with Gasteiger partial charge in [0.05, 0.1) is 15.6 Å². The average molecular weight is 518 g/mol. The summed E-state index contributed by atoms with van der Waals surface area (Å²) in [6.45, 7) is 2.62. The van der Waals surface area contributed by atoms with Gasteiger partial charge in [-0.15, -0.1) is 0 Å². The summed E-state index contributed by atoms with van der Waals surface area (Å²) in [5.74, 6) is -0.106. The molecule has 1 saturated heterocycles. The van der Waals surface area contributed by atoms with E-state index in [0.29, 0.717) is 10.7 Å². The second-order valence-electron chi connectivity index (χ2n) is 8.28. The van der Waals surface area contributed by atoms with Gasteiger partial charge in [0.1, 0.15) is 0 Å². The van der Waals surface area contributed by atoms with Gasteiger partial charge in [0, 0.05) is 23.2 Å². The van der Waals surface area contributed by atoms with Crippen molar-refractivity contribution in [3.05, 3.63) is 88.4 Å². The molecule has 9 heteroatoms. The minimum Gasteiger partial charge on any atom is -0.326 e. The van der Waals surface area contributed by atoms with Gasteiger partial charge in [-0.3, -0.25) is 14.4 Å². The maximum absolute atomic E-state index is 12.7. The number of nitrogens with one attached hydrogen (secondary N) is 2. The summed E-state index contributed by atoms with van der Waals surface area (Å²) in [4.78, 5) is 15.2. The molecule has 1 aliphatic rings. The Balaban J connectivity index is 1.31. The third-order valence-electron chi connectivity index (χ3n) is 5.81. The first-order chi connectivity index (χ1) is 16.3. The number of carbonyl (C=O) groups excluding carboxylic acids is 1. The molecular formula is C25H25Cl2N3O3S. The minimum absolute atomic E-state index is 0.0407. The molecule has 0 atom stereocenters. The fraction of sp³-hybridized carbons (Fsp3) is 0.240. The van der Waals surface area contributed by atoms with Crippen molar-refractivity contribution in [1.29, 1.82) is 0 Å². The van der Waals surface area contributed by atoms with Crippen molar-refractivity contribution in [3.63, 3.8) is 0 Å². The van der Waals surface area contributed by atoms with Crippen molar-refractivity contribution in [3.8, 4) is 0 Å². The Kier molecular flexibility index (Phi) is 7.78. The zero-order chi connectivity index (χ0) is 24.1. The van der Waals surface area contributed by atoms with Gasteiger partial charge < -0.3 is 5.32 Å². The number of anilines is 2. The standard InChI is InChI=1S/C25H25Cl2N3O3S/c26-20-6-11-24(23(27)16-20)29-34(32,33)22-9-7-21(8-10-22)28-25(31)19-12-14-30(15-13-19)17-18-4-2-1-3-5-18/h1-11,16,19,29H,12-15,17H2,(H,28,31). The number of hydrogen-bond donors (Lipinski definition) is 2. The van der Waals surface area contributed by atoms with Crippen molar-refractivity contribution < 1.29 is 13.2 Å². The lowest BCUT2D eigenvalue weighted by molar-refractivity contribution is -0.121. The number of amides is 1. The van der Waals surface area contributed by atoms with E-state index in [1.54, 1.807) is 18.2 Å². The fourth-order valence-corrected chi connectivity index (χ4v) is 5.52. The number of benzene rings is 3. The summed E-state index contributed by atoms with van der Waals surface area (Å²) in [5.41, 5.74) is 2.07. The monoisotopic (exact) mass is 517 g/mol. The molecule has 1 fully saturated rings. The average Bonchev–Trinajstić information content (AvgIpc) is 2.82. The Morgan fingerprint density at radius 2 is 1.62 bits per heavy atom. The lowest BCUT2D eigenvalue weighted by Crippen LogP contribution is -2.37. The van der Waals surface area contributed by atoms with E-state index < -0.39 is 10.0 Å². The van der Waals surface area contributed by atoms with E-state index in [1.807, 2.05) is 18.2 Å². The maximum atomic E-state index is 12.7. The Morgan fingerprint density at radius 1 is 0.941 bits per heavy atom. The zero-order valence-electron chi connectivity index (χ0n) is 18.4. The first-order valence-electron chi connectivity index (χ1n) is 11.0. The fourth-order valence-electron chi connectivity index (χ4n) is 3.93. The molecule has 0 radical (unpaired) electrons. The molecule has 1 amide bonds. The van der Waals surface area contributed by atoms with Crippen LogP contribution in [0.3, 0.4) is 0 Å². The van der Waals surface area contributed by atoms with Crippen LogP contribution in [-0.4, -0.2) is 32.3 Å². The van der Waals surface area contributed by atoms with Crippen LogP contribution in [0.4, 0.5) is 11.4 Å². The first kappa shape index (κ1) is 24.5. The molecular weight excluding hydrogens is 493 g/mol. The van der Waals surface area contributed by atoms with Gasteiger partial charge in [-0.25, -0.2) is 8.42 Å². The molecule has 3 aromatic carbocycles. The van der Waals surface area contributed by atoms with E-state index in [9.17, 15) is 13.2 Å². The van der Waals surface area contributed by atoms with Crippen LogP contribution >= 0.6 is 23.2 Å². The molecule has 4 rings (SSSR count). The molecule has 2 N–H and O–H groups in total. The highest BCUT2D eigenvalue weighted by Crippen LogP contribution is 2.28. The highest BCUT2D eigenvalue weighted by atomic mass is 35.5. The molecule has 178 valence electrons. The smallest absolute Gasteiger partial charge is 0.261 e. The van der Waals surface area contributed by atoms with Crippen LogP contribution in [0.25, 0.3) is 0 Å². The topological polar surface area (TPSA) is 78.5 Å². The van der Waals surface area contributed by atoms with E-state index in [2.05, 4.69) is 27.1 Å². The van der Waals surface area contributed by atoms with Crippen molar-refractivity contribution in [2.45, 2.75) is 24.3 Å². The van der Waals surface area contributed by atoms with E-state index in [1.165, 1.54) is 29.8 Å². The summed E-state index contributed by atoms with van der Waals surface area (Å²) in [5, 5.41) is 3.53. The van der Waals surface area contributed by atoms with Gasteiger partial charge >= 0.3 is 0 Å². The van der Waals surface area contributed by atoms with Crippen molar-refractivity contribution in [2.75, 3.05) is 23.1 Å². The molecule has 0 spiro atoms. The van der Waals surface area contributed by atoms with Crippen LogP contribution in [0.5, 0.6) is 0 Å².